The molecule has 2 unspecified atom stereocenters. The Balaban J connectivity index is 2.48. The van der Waals surface area contributed by atoms with Crippen molar-refractivity contribution in [1.29, 1.82) is 0 Å². The first-order chi connectivity index (χ1) is 5.05. The normalized spacial score (nSPS) is 37.1. The summed E-state index contributed by atoms with van der Waals surface area (Å²) < 4.78 is 0. The molecule has 1 nitrogen and oxygen atoms in total. The molecule has 0 aliphatic heterocycles. The Labute approximate surface area is 69.8 Å². The van der Waals surface area contributed by atoms with Crippen molar-refractivity contribution in [3.8, 4) is 0 Å². The second-order valence-corrected chi connectivity index (χ2v) is 4.64. The van der Waals surface area contributed by atoms with Crippen molar-refractivity contribution in [3.05, 3.63) is 0 Å². The predicted molar refractivity (Wildman–Crippen MR) is 47.4 cm³/mol. The molecule has 0 amide bonds. The van der Waals surface area contributed by atoms with E-state index in [1.54, 1.807) is 0 Å². The van der Waals surface area contributed by atoms with Crippen LogP contribution in [0.1, 0.15) is 46.5 Å². The number of aliphatic hydroxyl groups excluding tert-OH is 1. The van der Waals surface area contributed by atoms with E-state index in [1.807, 2.05) is 0 Å². The van der Waals surface area contributed by atoms with E-state index >= 15 is 0 Å². The highest BCUT2D eigenvalue weighted by Gasteiger charge is 2.32. The lowest BCUT2D eigenvalue weighted by molar-refractivity contribution is 0.0143. The van der Waals surface area contributed by atoms with Crippen molar-refractivity contribution in [2.24, 2.45) is 11.3 Å². The lowest BCUT2D eigenvalue weighted by Gasteiger charge is -2.37. The standard InChI is InChI=1S/C10H20O/c1-4-8-5-6-10(2,3)7-9(8)11/h8-9,11H,4-7H2,1-3H3. The molecule has 2 atom stereocenters. The average Bonchev–Trinajstić information content (AvgIpc) is 1.86. The van der Waals surface area contributed by atoms with Gasteiger partial charge < -0.3 is 5.11 Å². The van der Waals surface area contributed by atoms with Crippen LogP contribution in [0.2, 0.25) is 0 Å². The molecule has 11 heavy (non-hydrogen) atoms. The van der Waals surface area contributed by atoms with Gasteiger partial charge in [-0.05, 0) is 30.6 Å². The second kappa shape index (κ2) is 3.14. The molecule has 1 rings (SSSR count). The molecule has 0 aromatic rings. The van der Waals surface area contributed by atoms with Gasteiger partial charge in [0.25, 0.3) is 0 Å². The minimum absolute atomic E-state index is 0.0382. The molecule has 0 radical (unpaired) electrons. The second-order valence-electron chi connectivity index (χ2n) is 4.64. The molecule has 0 heterocycles. The van der Waals surface area contributed by atoms with Gasteiger partial charge in [0.1, 0.15) is 0 Å². The molecular weight excluding hydrogens is 136 g/mol. The Morgan fingerprint density at radius 1 is 1.45 bits per heavy atom. The van der Waals surface area contributed by atoms with Gasteiger partial charge >= 0.3 is 0 Å². The zero-order chi connectivity index (χ0) is 8.48. The van der Waals surface area contributed by atoms with Crippen LogP contribution in [0.3, 0.4) is 0 Å². The summed E-state index contributed by atoms with van der Waals surface area (Å²) in [5, 5.41) is 9.70. The summed E-state index contributed by atoms with van der Waals surface area (Å²) in [5.74, 6) is 0.572. The summed E-state index contributed by atoms with van der Waals surface area (Å²) in [4.78, 5) is 0. The Bertz CT molecular complexity index is 129. The van der Waals surface area contributed by atoms with Crippen LogP contribution >= 0.6 is 0 Å². The van der Waals surface area contributed by atoms with Gasteiger partial charge in [-0.15, -0.1) is 0 Å². The Hall–Kier alpha value is -0.0400. The smallest absolute Gasteiger partial charge is 0.0573 e. The highest BCUT2D eigenvalue weighted by Crippen LogP contribution is 2.39. The highest BCUT2D eigenvalue weighted by molar-refractivity contribution is 4.83. The maximum Gasteiger partial charge on any atom is 0.0573 e. The molecule has 1 aliphatic rings. The van der Waals surface area contributed by atoms with Gasteiger partial charge in [0.05, 0.1) is 6.10 Å². The van der Waals surface area contributed by atoms with E-state index in [-0.39, 0.29) is 6.10 Å². The molecule has 66 valence electrons. The van der Waals surface area contributed by atoms with Crippen LogP contribution < -0.4 is 0 Å². The molecular formula is C10H20O. The van der Waals surface area contributed by atoms with Gasteiger partial charge in [0.15, 0.2) is 0 Å². The summed E-state index contributed by atoms with van der Waals surface area (Å²) in [6, 6.07) is 0. The van der Waals surface area contributed by atoms with E-state index in [0.29, 0.717) is 11.3 Å². The molecule has 0 aromatic carbocycles. The molecule has 0 saturated heterocycles. The summed E-state index contributed by atoms with van der Waals surface area (Å²) >= 11 is 0. The predicted octanol–water partition coefficient (Wildman–Crippen LogP) is 2.58. The Morgan fingerprint density at radius 2 is 2.09 bits per heavy atom. The number of hydrogen-bond donors (Lipinski definition) is 1. The first kappa shape index (κ1) is 9.05. The lowest BCUT2D eigenvalue weighted by Crippen LogP contribution is -2.33. The van der Waals surface area contributed by atoms with Crippen LogP contribution in [0.15, 0.2) is 0 Å². The third-order valence-electron chi connectivity index (χ3n) is 3.02. The monoisotopic (exact) mass is 156 g/mol. The number of rotatable bonds is 1. The van der Waals surface area contributed by atoms with Crippen LogP contribution in [-0.2, 0) is 0 Å². The molecule has 0 bridgehead atoms. The van der Waals surface area contributed by atoms with Gasteiger partial charge in [-0.1, -0.05) is 27.2 Å². The summed E-state index contributed by atoms with van der Waals surface area (Å²) in [6.45, 7) is 6.68. The quantitative estimate of drug-likeness (QED) is 0.618. The first-order valence-electron chi connectivity index (χ1n) is 4.73. The van der Waals surface area contributed by atoms with E-state index in [9.17, 15) is 5.11 Å². The van der Waals surface area contributed by atoms with Gasteiger partial charge in [-0.2, -0.15) is 0 Å². The van der Waals surface area contributed by atoms with Gasteiger partial charge in [-0.25, -0.2) is 0 Å². The molecule has 1 fully saturated rings. The van der Waals surface area contributed by atoms with Gasteiger partial charge in [0.2, 0.25) is 0 Å². The molecule has 1 heteroatoms. The lowest BCUT2D eigenvalue weighted by atomic mass is 9.71. The van der Waals surface area contributed by atoms with Crippen LogP contribution in [0, 0.1) is 11.3 Å². The SMILES string of the molecule is CCC1CCC(C)(C)CC1O. The van der Waals surface area contributed by atoms with Crippen molar-refractivity contribution in [1.82, 2.24) is 0 Å². The van der Waals surface area contributed by atoms with Gasteiger partial charge in [-0.3, -0.25) is 0 Å². The fraction of sp³-hybridized carbons (Fsp3) is 1.00. The molecule has 1 saturated carbocycles. The van der Waals surface area contributed by atoms with Crippen molar-refractivity contribution in [2.75, 3.05) is 0 Å². The molecule has 1 N–H and O–H groups in total. The Morgan fingerprint density at radius 3 is 2.55 bits per heavy atom. The maximum absolute atomic E-state index is 9.70. The zero-order valence-electron chi connectivity index (χ0n) is 7.93. The minimum atomic E-state index is -0.0382. The van der Waals surface area contributed by atoms with E-state index in [4.69, 9.17) is 0 Å². The van der Waals surface area contributed by atoms with Crippen LogP contribution in [0.25, 0.3) is 0 Å². The first-order valence-corrected chi connectivity index (χ1v) is 4.73. The fourth-order valence-corrected chi connectivity index (χ4v) is 2.08. The van der Waals surface area contributed by atoms with E-state index in [1.165, 1.54) is 12.8 Å². The zero-order valence-corrected chi connectivity index (χ0v) is 7.93. The van der Waals surface area contributed by atoms with Crippen LogP contribution in [0.5, 0.6) is 0 Å². The van der Waals surface area contributed by atoms with E-state index < -0.39 is 0 Å². The van der Waals surface area contributed by atoms with Crippen molar-refractivity contribution < 1.29 is 5.11 Å². The Kier molecular flexibility index (Phi) is 2.58. The topological polar surface area (TPSA) is 20.2 Å². The van der Waals surface area contributed by atoms with Crippen LogP contribution in [-0.4, -0.2) is 11.2 Å². The van der Waals surface area contributed by atoms with Crippen molar-refractivity contribution in [2.45, 2.75) is 52.6 Å². The van der Waals surface area contributed by atoms with Crippen molar-refractivity contribution in [3.63, 3.8) is 0 Å². The third kappa shape index (κ3) is 2.19. The summed E-state index contributed by atoms with van der Waals surface area (Å²) in [6.07, 6.45) is 4.58. The average molecular weight is 156 g/mol. The summed E-state index contributed by atoms with van der Waals surface area (Å²) in [5.41, 5.74) is 0.380. The molecule has 0 aromatic heterocycles. The van der Waals surface area contributed by atoms with Gasteiger partial charge in [0, 0.05) is 0 Å². The maximum atomic E-state index is 9.70. The van der Waals surface area contributed by atoms with E-state index in [2.05, 4.69) is 20.8 Å². The fourth-order valence-electron chi connectivity index (χ4n) is 2.08. The molecule has 0 spiro atoms. The third-order valence-corrected chi connectivity index (χ3v) is 3.02. The number of hydrogen-bond acceptors (Lipinski definition) is 1. The minimum Gasteiger partial charge on any atom is -0.393 e. The van der Waals surface area contributed by atoms with E-state index in [0.717, 1.165) is 12.8 Å². The number of aliphatic hydroxyl groups is 1. The van der Waals surface area contributed by atoms with Crippen LogP contribution in [0.4, 0.5) is 0 Å². The molecule has 1 aliphatic carbocycles. The summed E-state index contributed by atoms with van der Waals surface area (Å²) in [7, 11) is 0. The van der Waals surface area contributed by atoms with Crippen molar-refractivity contribution >= 4 is 0 Å². The largest absolute Gasteiger partial charge is 0.393 e. The highest BCUT2D eigenvalue weighted by atomic mass is 16.3.